The van der Waals surface area contributed by atoms with Gasteiger partial charge in [0.1, 0.15) is 5.82 Å². The lowest BCUT2D eigenvalue weighted by molar-refractivity contribution is -0.113. The smallest absolute Gasteiger partial charge is 0.256 e. The summed E-state index contributed by atoms with van der Waals surface area (Å²) in [5.74, 6) is -0.943. The number of nitrogens with one attached hydrogen (secondary N) is 2. The first-order valence-corrected chi connectivity index (χ1v) is 9.66. The van der Waals surface area contributed by atoms with Gasteiger partial charge in [-0.15, -0.1) is 11.8 Å². The summed E-state index contributed by atoms with van der Waals surface area (Å²) in [5, 5.41) is 5.40. The van der Waals surface area contributed by atoms with Gasteiger partial charge in [0.15, 0.2) is 0 Å². The molecule has 0 aromatic heterocycles. The van der Waals surface area contributed by atoms with Gasteiger partial charge in [-0.05, 0) is 43.3 Å². The topological polar surface area (TPSA) is 58.2 Å². The number of amides is 2. The normalized spacial score (nSPS) is 10.4. The summed E-state index contributed by atoms with van der Waals surface area (Å²) in [5.41, 5.74) is 2.34. The second-order valence-corrected chi connectivity index (χ2v) is 7.15. The molecule has 0 atom stereocenters. The molecule has 0 bridgehead atoms. The quantitative estimate of drug-likeness (QED) is 0.571. The van der Waals surface area contributed by atoms with Crippen LogP contribution in [0.4, 0.5) is 15.8 Å². The Hall–Kier alpha value is -3.12. The zero-order valence-electron chi connectivity index (χ0n) is 15.2. The van der Waals surface area contributed by atoms with Gasteiger partial charge in [0.25, 0.3) is 5.91 Å². The number of aryl methyl sites for hydroxylation is 1. The molecule has 0 radical (unpaired) electrons. The van der Waals surface area contributed by atoms with E-state index in [0.29, 0.717) is 10.5 Å². The van der Waals surface area contributed by atoms with Crippen molar-refractivity contribution in [3.63, 3.8) is 0 Å². The summed E-state index contributed by atoms with van der Waals surface area (Å²) in [6.07, 6.45) is 0. The van der Waals surface area contributed by atoms with Gasteiger partial charge in [0, 0.05) is 10.6 Å². The summed E-state index contributed by atoms with van der Waals surface area (Å²) < 4.78 is 13.8. The number of carbonyl (C=O) groups excluding carboxylic acids is 2. The third kappa shape index (κ3) is 5.20. The zero-order valence-corrected chi connectivity index (χ0v) is 16.1. The van der Waals surface area contributed by atoms with Crippen LogP contribution in [0, 0.1) is 12.7 Å². The van der Waals surface area contributed by atoms with Crippen molar-refractivity contribution in [1.82, 2.24) is 0 Å². The summed E-state index contributed by atoms with van der Waals surface area (Å²) in [7, 11) is 0. The van der Waals surface area contributed by atoms with Gasteiger partial charge in [-0.3, -0.25) is 9.59 Å². The molecule has 0 aliphatic heterocycles. The highest BCUT2D eigenvalue weighted by Crippen LogP contribution is 2.24. The number of rotatable bonds is 6. The number of thioether (sulfide) groups is 1. The first-order chi connectivity index (χ1) is 13.5. The van der Waals surface area contributed by atoms with Crippen LogP contribution >= 0.6 is 11.8 Å². The standard InChI is InChI=1S/C22H19FN2O2S/c1-15-10-12-16(13-11-15)24-21(26)14-28-20-9-5-2-6-17(20)22(27)25-19-8-4-3-7-18(19)23/h2-13H,14H2,1H3,(H,24,26)(H,25,27). The Kier molecular flexibility index (Phi) is 6.45. The summed E-state index contributed by atoms with van der Waals surface area (Å²) in [6.45, 7) is 1.98. The number of benzene rings is 3. The molecule has 0 heterocycles. The Balaban J connectivity index is 1.65. The molecule has 142 valence electrons. The van der Waals surface area contributed by atoms with Gasteiger partial charge >= 0.3 is 0 Å². The average Bonchev–Trinajstić information content (AvgIpc) is 2.70. The minimum absolute atomic E-state index is 0.115. The zero-order chi connectivity index (χ0) is 19.9. The van der Waals surface area contributed by atoms with E-state index < -0.39 is 11.7 Å². The van der Waals surface area contributed by atoms with E-state index in [1.807, 2.05) is 31.2 Å². The van der Waals surface area contributed by atoms with Gasteiger partial charge < -0.3 is 10.6 Å². The second kappa shape index (κ2) is 9.19. The Morgan fingerprint density at radius 2 is 1.57 bits per heavy atom. The maximum Gasteiger partial charge on any atom is 0.256 e. The van der Waals surface area contributed by atoms with Crippen molar-refractivity contribution in [3.05, 3.63) is 89.7 Å². The fourth-order valence-corrected chi connectivity index (χ4v) is 3.36. The highest BCUT2D eigenvalue weighted by atomic mass is 32.2. The van der Waals surface area contributed by atoms with E-state index in [1.54, 1.807) is 36.4 Å². The van der Waals surface area contributed by atoms with Crippen LogP contribution in [0.25, 0.3) is 0 Å². The largest absolute Gasteiger partial charge is 0.325 e. The first-order valence-electron chi connectivity index (χ1n) is 8.67. The number of hydrogen-bond donors (Lipinski definition) is 2. The van der Waals surface area contributed by atoms with Gasteiger partial charge in [0.2, 0.25) is 5.91 Å². The molecular weight excluding hydrogens is 375 g/mol. The van der Waals surface area contributed by atoms with Crippen LogP contribution in [-0.4, -0.2) is 17.6 Å². The number of halogens is 1. The molecular formula is C22H19FN2O2S. The molecule has 28 heavy (non-hydrogen) atoms. The van der Waals surface area contributed by atoms with E-state index in [9.17, 15) is 14.0 Å². The van der Waals surface area contributed by atoms with Crippen LogP contribution in [0.5, 0.6) is 0 Å². The summed E-state index contributed by atoms with van der Waals surface area (Å²) in [4.78, 5) is 25.4. The fourth-order valence-electron chi connectivity index (χ4n) is 2.51. The molecule has 0 unspecified atom stereocenters. The molecule has 3 aromatic rings. The Labute approximate surface area is 167 Å². The molecule has 0 spiro atoms. The minimum atomic E-state index is -0.501. The molecule has 0 saturated carbocycles. The highest BCUT2D eigenvalue weighted by molar-refractivity contribution is 8.00. The number of carbonyl (C=O) groups is 2. The third-order valence-corrected chi connectivity index (χ3v) is 5.02. The lowest BCUT2D eigenvalue weighted by Gasteiger charge is -2.11. The Morgan fingerprint density at radius 3 is 2.32 bits per heavy atom. The number of hydrogen-bond acceptors (Lipinski definition) is 3. The first kappa shape index (κ1) is 19.6. The monoisotopic (exact) mass is 394 g/mol. The predicted octanol–water partition coefficient (Wildman–Crippen LogP) is 5.12. The van der Waals surface area contributed by atoms with Crippen molar-refractivity contribution in [2.45, 2.75) is 11.8 Å². The fraction of sp³-hybridized carbons (Fsp3) is 0.0909. The van der Waals surface area contributed by atoms with E-state index in [4.69, 9.17) is 0 Å². The maximum atomic E-state index is 13.8. The lowest BCUT2D eigenvalue weighted by Crippen LogP contribution is -2.16. The summed E-state index contributed by atoms with van der Waals surface area (Å²) in [6, 6.07) is 20.4. The molecule has 2 N–H and O–H groups in total. The molecule has 3 aromatic carbocycles. The van der Waals surface area contributed by atoms with Gasteiger partial charge in [-0.2, -0.15) is 0 Å². The maximum absolute atomic E-state index is 13.8. The van der Waals surface area contributed by atoms with E-state index in [2.05, 4.69) is 10.6 Å². The molecule has 6 heteroatoms. The van der Waals surface area contributed by atoms with Crippen molar-refractivity contribution in [2.24, 2.45) is 0 Å². The number of anilines is 2. The van der Waals surface area contributed by atoms with Crippen LogP contribution in [-0.2, 0) is 4.79 Å². The molecule has 2 amide bonds. The SMILES string of the molecule is Cc1ccc(NC(=O)CSc2ccccc2C(=O)Nc2ccccc2F)cc1. The molecule has 0 fully saturated rings. The van der Waals surface area contributed by atoms with Crippen LogP contribution in [0.1, 0.15) is 15.9 Å². The Bertz CT molecular complexity index is 990. The van der Waals surface area contributed by atoms with Crippen LogP contribution in [0.15, 0.2) is 77.7 Å². The molecule has 3 rings (SSSR count). The van der Waals surface area contributed by atoms with Gasteiger partial charge in [-0.25, -0.2) is 4.39 Å². The van der Waals surface area contributed by atoms with Crippen molar-refractivity contribution in [1.29, 1.82) is 0 Å². The van der Waals surface area contributed by atoms with Crippen molar-refractivity contribution in [2.75, 3.05) is 16.4 Å². The molecule has 4 nitrogen and oxygen atoms in total. The van der Waals surface area contributed by atoms with Crippen LogP contribution < -0.4 is 10.6 Å². The van der Waals surface area contributed by atoms with Crippen molar-refractivity contribution >= 4 is 35.0 Å². The van der Waals surface area contributed by atoms with E-state index in [-0.39, 0.29) is 17.3 Å². The van der Waals surface area contributed by atoms with E-state index in [1.165, 1.54) is 23.9 Å². The lowest BCUT2D eigenvalue weighted by atomic mass is 10.2. The van der Waals surface area contributed by atoms with Crippen LogP contribution in [0.2, 0.25) is 0 Å². The predicted molar refractivity (Wildman–Crippen MR) is 111 cm³/mol. The summed E-state index contributed by atoms with van der Waals surface area (Å²) >= 11 is 1.25. The van der Waals surface area contributed by atoms with Crippen LogP contribution in [0.3, 0.4) is 0 Å². The number of para-hydroxylation sites is 1. The van der Waals surface area contributed by atoms with Crippen molar-refractivity contribution in [3.8, 4) is 0 Å². The highest BCUT2D eigenvalue weighted by Gasteiger charge is 2.14. The Morgan fingerprint density at radius 1 is 0.893 bits per heavy atom. The molecule has 0 saturated heterocycles. The third-order valence-electron chi connectivity index (χ3n) is 3.95. The van der Waals surface area contributed by atoms with Gasteiger partial charge in [-0.1, -0.05) is 42.0 Å². The second-order valence-electron chi connectivity index (χ2n) is 6.13. The molecule has 0 aliphatic rings. The van der Waals surface area contributed by atoms with E-state index in [0.717, 1.165) is 11.3 Å². The van der Waals surface area contributed by atoms with Gasteiger partial charge in [0.05, 0.1) is 17.0 Å². The van der Waals surface area contributed by atoms with Crippen molar-refractivity contribution < 1.29 is 14.0 Å². The molecule has 0 aliphatic carbocycles. The van der Waals surface area contributed by atoms with E-state index >= 15 is 0 Å². The average molecular weight is 394 g/mol. The minimum Gasteiger partial charge on any atom is -0.325 e.